The average molecular weight is 142 g/mol. The van der Waals surface area contributed by atoms with Crippen molar-refractivity contribution in [2.45, 2.75) is 45.3 Å². The summed E-state index contributed by atoms with van der Waals surface area (Å²) < 4.78 is 5.46. The fourth-order valence-corrected chi connectivity index (χ4v) is 1.27. The smallest absolute Gasteiger partial charge is 0.158 e. The van der Waals surface area contributed by atoms with Crippen molar-refractivity contribution in [1.82, 2.24) is 0 Å². The lowest BCUT2D eigenvalue weighted by Gasteiger charge is -2.17. The van der Waals surface area contributed by atoms with Crippen LogP contribution in [0.3, 0.4) is 0 Å². The Morgan fingerprint density at radius 1 is 1.60 bits per heavy atom. The van der Waals surface area contributed by atoms with Crippen LogP contribution in [0.1, 0.15) is 33.6 Å². The summed E-state index contributed by atoms with van der Waals surface area (Å²) >= 11 is 0. The molecule has 2 nitrogen and oxygen atoms in total. The Kier molecular flexibility index (Phi) is 1.82. The third kappa shape index (κ3) is 1.57. The van der Waals surface area contributed by atoms with Gasteiger partial charge in [-0.1, -0.05) is 0 Å². The molecule has 1 atom stereocenters. The Morgan fingerprint density at radius 3 is 2.40 bits per heavy atom. The molecule has 1 rings (SSSR count). The van der Waals surface area contributed by atoms with Gasteiger partial charge in [-0.15, -0.1) is 0 Å². The Bertz CT molecular complexity index is 149. The highest BCUT2D eigenvalue weighted by atomic mass is 16.5. The first-order chi connectivity index (χ1) is 4.51. The predicted octanol–water partition coefficient (Wildman–Crippen LogP) is 1.53. The molecule has 1 heterocycles. The highest BCUT2D eigenvalue weighted by molar-refractivity contribution is 5.80. The largest absolute Gasteiger partial charge is 0.365 e. The van der Waals surface area contributed by atoms with Crippen molar-refractivity contribution in [2.24, 2.45) is 0 Å². The van der Waals surface area contributed by atoms with Crippen LogP contribution in [0.25, 0.3) is 0 Å². The summed E-state index contributed by atoms with van der Waals surface area (Å²) in [4.78, 5) is 10.8. The number of hydrogen-bond acceptors (Lipinski definition) is 2. The van der Waals surface area contributed by atoms with Crippen molar-refractivity contribution >= 4 is 5.78 Å². The van der Waals surface area contributed by atoms with Crippen LogP contribution in [0, 0.1) is 0 Å². The predicted molar refractivity (Wildman–Crippen MR) is 38.9 cm³/mol. The van der Waals surface area contributed by atoms with Crippen molar-refractivity contribution in [1.29, 1.82) is 0 Å². The topological polar surface area (TPSA) is 26.3 Å². The van der Waals surface area contributed by atoms with Gasteiger partial charge in [-0.2, -0.15) is 0 Å². The molecule has 2 heteroatoms. The molecule has 0 saturated carbocycles. The highest BCUT2D eigenvalue weighted by Crippen LogP contribution is 2.29. The van der Waals surface area contributed by atoms with Gasteiger partial charge in [0.25, 0.3) is 0 Å². The minimum absolute atomic E-state index is 0.0731. The standard InChI is InChI=1S/C8H14O2/c1-6(9)7-4-5-8(2,3)10-7/h7H,4-5H2,1-3H3/t7-/m1/s1. The quantitative estimate of drug-likeness (QED) is 0.555. The summed E-state index contributed by atoms with van der Waals surface area (Å²) in [5, 5.41) is 0. The van der Waals surface area contributed by atoms with Gasteiger partial charge in [-0.3, -0.25) is 4.79 Å². The maximum Gasteiger partial charge on any atom is 0.158 e. The minimum Gasteiger partial charge on any atom is -0.365 e. The number of Topliss-reactive ketones (excluding diaryl/α,β-unsaturated/α-hetero) is 1. The van der Waals surface area contributed by atoms with Crippen molar-refractivity contribution in [3.05, 3.63) is 0 Å². The van der Waals surface area contributed by atoms with E-state index in [4.69, 9.17) is 4.74 Å². The van der Waals surface area contributed by atoms with Crippen molar-refractivity contribution < 1.29 is 9.53 Å². The Hall–Kier alpha value is -0.370. The molecule has 0 aromatic heterocycles. The molecule has 0 aromatic carbocycles. The molecular formula is C8H14O2. The molecule has 1 fully saturated rings. The van der Waals surface area contributed by atoms with E-state index < -0.39 is 0 Å². The zero-order chi connectivity index (χ0) is 7.78. The van der Waals surface area contributed by atoms with Crippen LogP contribution < -0.4 is 0 Å². The van der Waals surface area contributed by atoms with Crippen LogP contribution in [-0.2, 0) is 9.53 Å². The SMILES string of the molecule is CC(=O)[C@H]1CCC(C)(C)O1. The van der Waals surface area contributed by atoms with Gasteiger partial charge in [0, 0.05) is 0 Å². The number of carbonyl (C=O) groups excluding carboxylic acids is 1. The summed E-state index contributed by atoms with van der Waals surface area (Å²) in [6.45, 7) is 5.64. The van der Waals surface area contributed by atoms with Gasteiger partial charge in [0.15, 0.2) is 5.78 Å². The summed E-state index contributed by atoms with van der Waals surface area (Å²) in [7, 11) is 0. The molecule has 1 saturated heterocycles. The molecule has 0 spiro atoms. The van der Waals surface area contributed by atoms with Crippen LogP contribution in [0.4, 0.5) is 0 Å². The first-order valence-corrected chi connectivity index (χ1v) is 3.69. The lowest BCUT2D eigenvalue weighted by molar-refractivity contribution is -0.130. The zero-order valence-corrected chi connectivity index (χ0v) is 6.81. The van der Waals surface area contributed by atoms with E-state index in [0.717, 1.165) is 12.8 Å². The third-order valence-electron chi connectivity index (χ3n) is 1.92. The molecule has 0 aliphatic carbocycles. The molecule has 58 valence electrons. The Balaban J connectivity index is 2.51. The van der Waals surface area contributed by atoms with Gasteiger partial charge >= 0.3 is 0 Å². The molecule has 1 aliphatic rings. The summed E-state index contributed by atoms with van der Waals surface area (Å²) in [5.74, 6) is 0.158. The van der Waals surface area contributed by atoms with Crippen LogP contribution in [0.2, 0.25) is 0 Å². The van der Waals surface area contributed by atoms with Gasteiger partial charge in [-0.05, 0) is 33.6 Å². The van der Waals surface area contributed by atoms with Crippen LogP contribution >= 0.6 is 0 Å². The number of hydrogen-bond donors (Lipinski definition) is 0. The first-order valence-electron chi connectivity index (χ1n) is 3.69. The fourth-order valence-electron chi connectivity index (χ4n) is 1.27. The van der Waals surface area contributed by atoms with E-state index in [1.165, 1.54) is 0 Å². The molecule has 0 N–H and O–H groups in total. The molecule has 0 amide bonds. The summed E-state index contributed by atoms with van der Waals surface area (Å²) in [6.07, 6.45) is 1.76. The number of rotatable bonds is 1. The molecular weight excluding hydrogens is 128 g/mol. The number of ether oxygens (including phenoxy) is 1. The second-order valence-corrected chi connectivity index (χ2v) is 3.52. The maximum absolute atomic E-state index is 10.8. The van der Waals surface area contributed by atoms with E-state index in [1.54, 1.807) is 6.92 Å². The van der Waals surface area contributed by atoms with E-state index in [0.29, 0.717) is 0 Å². The van der Waals surface area contributed by atoms with Crippen LogP contribution in [0.5, 0.6) is 0 Å². The lowest BCUT2D eigenvalue weighted by atomic mass is 10.0. The Labute approximate surface area is 61.6 Å². The second-order valence-electron chi connectivity index (χ2n) is 3.52. The van der Waals surface area contributed by atoms with Crippen LogP contribution in [0.15, 0.2) is 0 Å². The van der Waals surface area contributed by atoms with E-state index in [9.17, 15) is 4.79 Å². The van der Waals surface area contributed by atoms with Gasteiger partial charge < -0.3 is 4.74 Å². The van der Waals surface area contributed by atoms with Gasteiger partial charge in [0.05, 0.1) is 5.60 Å². The number of ketones is 1. The van der Waals surface area contributed by atoms with Gasteiger partial charge in [0.1, 0.15) is 6.10 Å². The summed E-state index contributed by atoms with van der Waals surface area (Å²) in [5.41, 5.74) is -0.0731. The monoisotopic (exact) mass is 142 g/mol. The van der Waals surface area contributed by atoms with Gasteiger partial charge in [0.2, 0.25) is 0 Å². The fraction of sp³-hybridized carbons (Fsp3) is 0.875. The van der Waals surface area contributed by atoms with Crippen molar-refractivity contribution in [3.8, 4) is 0 Å². The first kappa shape index (κ1) is 7.73. The zero-order valence-electron chi connectivity index (χ0n) is 6.81. The van der Waals surface area contributed by atoms with Crippen molar-refractivity contribution in [2.75, 3.05) is 0 Å². The average Bonchev–Trinajstić information content (AvgIpc) is 2.10. The minimum atomic E-state index is -0.130. The molecule has 0 bridgehead atoms. The highest BCUT2D eigenvalue weighted by Gasteiger charge is 2.33. The lowest BCUT2D eigenvalue weighted by Crippen LogP contribution is -2.23. The van der Waals surface area contributed by atoms with Gasteiger partial charge in [-0.25, -0.2) is 0 Å². The normalized spacial score (nSPS) is 30.5. The van der Waals surface area contributed by atoms with E-state index >= 15 is 0 Å². The van der Waals surface area contributed by atoms with E-state index in [2.05, 4.69) is 0 Å². The van der Waals surface area contributed by atoms with E-state index in [1.807, 2.05) is 13.8 Å². The number of carbonyl (C=O) groups is 1. The Morgan fingerprint density at radius 2 is 2.20 bits per heavy atom. The molecule has 1 aliphatic heterocycles. The van der Waals surface area contributed by atoms with Crippen molar-refractivity contribution in [3.63, 3.8) is 0 Å². The molecule has 10 heavy (non-hydrogen) atoms. The third-order valence-corrected chi connectivity index (χ3v) is 1.92. The molecule has 0 radical (unpaired) electrons. The summed E-state index contributed by atoms with van der Waals surface area (Å²) in [6, 6.07) is 0. The van der Waals surface area contributed by atoms with E-state index in [-0.39, 0.29) is 17.5 Å². The van der Waals surface area contributed by atoms with Crippen LogP contribution in [-0.4, -0.2) is 17.5 Å². The maximum atomic E-state index is 10.8. The molecule has 0 unspecified atom stereocenters. The molecule has 0 aromatic rings. The second kappa shape index (κ2) is 2.35.